The molecule has 1 heterocycles. The zero-order valence-electron chi connectivity index (χ0n) is 9.35. The predicted molar refractivity (Wildman–Crippen MR) is 67.4 cm³/mol. The lowest BCUT2D eigenvalue weighted by molar-refractivity contribution is 0.885. The van der Waals surface area contributed by atoms with Crippen LogP contribution in [0, 0.1) is 13.8 Å². The van der Waals surface area contributed by atoms with Crippen molar-refractivity contribution >= 4 is 32.7 Å². The molecule has 0 radical (unpaired) electrons. The van der Waals surface area contributed by atoms with E-state index < -0.39 is 0 Å². The van der Waals surface area contributed by atoms with E-state index in [2.05, 4.69) is 43.8 Å². The molecule has 15 heavy (non-hydrogen) atoms. The summed E-state index contributed by atoms with van der Waals surface area (Å²) in [6.07, 6.45) is 0. The van der Waals surface area contributed by atoms with E-state index in [1.807, 2.05) is 21.0 Å². The minimum atomic E-state index is 1.02. The molecule has 0 aliphatic rings. The normalized spacial score (nSPS) is 11.0. The van der Waals surface area contributed by atoms with Gasteiger partial charge < -0.3 is 9.88 Å². The first-order valence-electron chi connectivity index (χ1n) is 4.86. The molecule has 0 atom stereocenters. The van der Waals surface area contributed by atoms with E-state index >= 15 is 0 Å². The molecule has 0 bridgehead atoms. The molecule has 2 rings (SSSR count). The maximum absolute atomic E-state index is 4.56. The zero-order valence-corrected chi connectivity index (χ0v) is 10.9. The number of halogens is 1. The standard InChI is InChI=1S/C11H14BrN3/c1-6-5-8-10(11(13-3)9(6)12)14-7(2)15(8)4/h5,13H,1-4H3. The third-order valence-electron chi connectivity index (χ3n) is 2.77. The molecule has 4 heteroatoms. The number of imidazole rings is 1. The van der Waals surface area contributed by atoms with E-state index in [4.69, 9.17) is 0 Å². The quantitative estimate of drug-likeness (QED) is 0.861. The van der Waals surface area contributed by atoms with Gasteiger partial charge in [-0.3, -0.25) is 0 Å². The van der Waals surface area contributed by atoms with E-state index in [0.29, 0.717) is 0 Å². The molecular weight excluding hydrogens is 254 g/mol. The van der Waals surface area contributed by atoms with Gasteiger partial charge in [-0.15, -0.1) is 0 Å². The van der Waals surface area contributed by atoms with E-state index in [1.165, 1.54) is 5.56 Å². The predicted octanol–water partition coefficient (Wildman–Crippen LogP) is 2.99. The molecule has 0 amide bonds. The van der Waals surface area contributed by atoms with Crippen molar-refractivity contribution in [1.29, 1.82) is 0 Å². The highest BCUT2D eigenvalue weighted by atomic mass is 79.9. The minimum absolute atomic E-state index is 1.02. The van der Waals surface area contributed by atoms with Gasteiger partial charge in [0.05, 0.1) is 11.2 Å². The molecule has 1 N–H and O–H groups in total. The monoisotopic (exact) mass is 267 g/mol. The lowest BCUT2D eigenvalue weighted by Crippen LogP contribution is -1.94. The summed E-state index contributed by atoms with van der Waals surface area (Å²) in [7, 11) is 3.96. The molecule has 0 spiro atoms. The summed E-state index contributed by atoms with van der Waals surface area (Å²) in [5.41, 5.74) is 4.47. The van der Waals surface area contributed by atoms with Gasteiger partial charge in [0.15, 0.2) is 0 Å². The number of aromatic nitrogens is 2. The second kappa shape index (κ2) is 3.52. The average molecular weight is 268 g/mol. The number of rotatable bonds is 1. The summed E-state index contributed by atoms with van der Waals surface area (Å²) in [5.74, 6) is 1.03. The van der Waals surface area contributed by atoms with Gasteiger partial charge in [-0.1, -0.05) is 0 Å². The van der Waals surface area contributed by atoms with Crippen molar-refractivity contribution in [2.75, 3.05) is 12.4 Å². The maximum atomic E-state index is 4.56. The molecule has 0 aliphatic carbocycles. The fourth-order valence-corrected chi connectivity index (χ4v) is 2.27. The fraction of sp³-hybridized carbons (Fsp3) is 0.364. The van der Waals surface area contributed by atoms with Crippen LogP contribution in [0.4, 0.5) is 5.69 Å². The van der Waals surface area contributed by atoms with Gasteiger partial charge in [-0.2, -0.15) is 0 Å². The van der Waals surface area contributed by atoms with Gasteiger partial charge in [0, 0.05) is 18.6 Å². The van der Waals surface area contributed by atoms with Crippen LogP contribution in [-0.4, -0.2) is 16.6 Å². The highest BCUT2D eigenvalue weighted by Gasteiger charge is 2.13. The number of nitrogens with zero attached hydrogens (tertiary/aromatic N) is 2. The Morgan fingerprint density at radius 2 is 2.07 bits per heavy atom. The van der Waals surface area contributed by atoms with Crippen molar-refractivity contribution in [3.8, 4) is 0 Å². The smallest absolute Gasteiger partial charge is 0.113 e. The summed E-state index contributed by atoms with van der Waals surface area (Å²) in [5, 5.41) is 3.20. The molecule has 80 valence electrons. The van der Waals surface area contributed by atoms with Crippen LogP contribution in [-0.2, 0) is 7.05 Å². The first-order chi connectivity index (χ1) is 7.06. The maximum Gasteiger partial charge on any atom is 0.113 e. The highest BCUT2D eigenvalue weighted by molar-refractivity contribution is 9.10. The van der Waals surface area contributed by atoms with Gasteiger partial charge in [-0.25, -0.2) is 4.98 Å². The molecule has 3 nitrogen and oxygen atoms in total. The molecule has 1 aromatic heterocycles. The van der Waals surface area contributed by atoms with E-state index in [-0.39, 0.29) is 0 Å². The second-order valence-electron chi connectivity index (χ2n) is 3.72. The van der Waals surface area contributed by atoms with Crippen LogP contribution in [0.2, 0.25) is 0 Å². The summed E-state index contributed by atoms with van der Waals surface area (Å²) >= 11 is 3.58. The van der Waals surface area contributed by atoms with E-state index in [1.54, 1.807) is 0 Å². The number of anilines is 1. The summed E-state index contributed by atoms with van der Waals surface area (Å²) in [4.78, 5) is 4.56. The van der Waals surface area contributed by atoms with Crippen LogP contribution in [0.15, 0.2) is 10.5 Å². The lowest BCUT2D eigenvalue weighted by atomic mass is 10.2. The zero-order chi connectivity index (χ0) is 11.2. The van der Waals surface area contributed by atoms with E-state index in [0.717, 1.165) is 27.0 Å². The molecule has 2 aromatic rings. The lowest BCUT2D eigenvalue weighted by Gasteiger charge is -2.08. The van der Waals surface area contributed by atoms with Gasteiger partial charge >= 0.3 is 0 Å². The molecule has 0 saturated carbocycles. The molecule has 0 unspecified atom stereocenters. The Kier molecular flexibility index (Phi) is 2.46. The van der Waals surface area contributed by atoms with Crippen LogP contribution < -0.4 is 5.32 Å². The molecule has 0 saturated heterocycles. The third kappa shape index (κ3) is 1.44. The molecule has 0 fully saturated rings. The van der Waals surface area contributed by atoms with Crippen molar-refractivity contribution in [2.24, 2.45) is 7.05 Å². The number of benzene rings is 1. The van der Waals surface area contributed by atoms with Gasteiger partial charge in [0.2, 0.25) is 0 Å². The van der Waals surface area contributed by atoms with Gasteiger partial charge in [-0.05, 0) is 41.4 Å². The van der Waals surface area contributed by atoms with Gasteiger partial charge in [0.1, 0.15) is 11.3 Å². The van der Waals surface area contributed by atoms with E-state index in [9.17, 15) is 0 Å². The van der Waals surface area contributed by atoms with Crippen LogP contribution >= 0.6 is 15.9 Å². The molecular formula is C11H14BrN3. The summed E-state index contributed by atoms with van der Waals surface area (Å²) in [6.45, 7) is 4.11. The Morgan fingerprint density at radius 1 is 1.40 bits per heavy atom. The topological polar surface area (TPSA) is 29.9 Å². The van der Waals surface area contributed by atoms with Crippen molar-refractivity contribution < 1.29 is 0 Å². The van der Waals surface area contributed by atoms with Gasteiger partial charge in [0.25, 0.3) is 0 Å². The summed E-state index contributed by atoms with van der Waals surface area (Å²) < 4.78 is 3.20. The third-order valence-corrected chi connectivity index (χ3v) is 3.79. The molecule has 1 aromatic carbocycles. The first kappa shape index (κ1) is 10.5. The van der Waals surface area contributed by atoms with Crippen LogP contribution in [0.3, 0.4) is 0 Å². The Hall–Kier alpha value is -1.03. The number of hydrogen-bond donors (Lipinski definition) is 1. The largest absolute Gasteiger partial charge is 0.385 e. The minimum Gasteiger partial charge on any atom is -0.385 e. The number of hydrogen-bond acceptors (Lipinski definition) is 2. The second-order valence-corrected chi connectivity index (χ2v) is 4.51. The summed E-state index contributed by atoms with van der Waals surface area (Å²) in [6, 6.07) is 2.15. The van der Waals surface area contributed by atoms with Crippen molar-refractivity contribution in [3.63, 3.8) is 0 Å². The number of fused-ring (bicyclic) bond motifs is 1. The first-order valence-corrected chi connectivity index (χ1v) is 5.65. The Bertz CT molecular complexity index is 528. The van der Waals surface area contributed by atoms with Crippen molar-refractivity contribution in [3.05, 3.63) is 21.9 Å². The van der Waals surface area contributed by atoms with Crippen molar-refractivity contribution in [1.82, 2.24) is 9.55 Å². The molecule has 0 aliphatic heterocycles. The van der Waals surface area contributed by atoms with Crippen molar-refractivity contribution in [2.45, 2.75) is 13.8 Å². The number of aryl methyl sites for hydroxylation is 3. The average Bonchev–Trinajstić information content (AvgIpc) is 2.47. The Labute approximate surface area is 97.6 Å². The number of nitrogens with one attached hydrogen (secondary N) is 1. The van der Waals surface area contributed by atoms with Crippen LogP contribution in [0.5, 0.6) is 0 Å². The Morgan fingerprint density at radius 3 is 2.67 bits per heavy atom. The highest BCUT2D eigenvalue weighted by Crippen LogP contribution is 2.33. The SMILES string of the molecule is CNc1c(Br)c(C)cc2c1nc(C)n2C. The van der Waals surface area contributed by atoms with Crippen LogP contribution in [0.1, 0.15) is 11.4 Å². The fourth-order valence-electron chi connectivity index (χ4n) is 1.77. The van der Waals surface area contributed by atoms with Crippen LogP contribution in [0.25, 0.3) is 11.0 Å². The Balaban J connectivity index is 2.94.